The van der Waals surface area contributed by atoms with Crippen LogP contribution in [0, 0.1) is 23.7 Å². The van der Waals surface area contributed by atoms with E-state index < -0.39 is 0 Å². The molecule has 2 unspecified atom stereocenters. The molecule has 12 heavy (non-hydrogen) atoms. The topological polar surface area (TPSA) is 26.3 Å². The second kappa shape index (κ2) is 3.46. The molecule has 0 aromatic heterocycles. The van der Waals surface area contributed by atoms with E-state index in [1.165, 1.54) is 0 Å². The fraction of sp³-hybridized carbons (Fsp3) is 0.900. The van der Waals surface area contributed by atoms with Gasteiger partial charge in [0.15, 0.2) is 0 Å². The molecule has 2 nitrogen and oxygen atoms in total. The van der Waals surface area contributed by atoms with Crippen LogP contribution in [0.2, 0.25) is 0 Å². The van der Waals surface area contributed by atoms with E-state index in [9.17, 15) is 4.79 Å². The molecule has 0 N–H and O–H groups in total. The van der Waals surface area contributed by atoms with E-state index in [1.807, 2.05) is 0 Å². The van der Waals surface area contributed by atoms with Crippen LogP contribution < -0.4 is 0 Å². The summed E-state index contributed by atoms with van der Waals surface area (Å²) < 4.78 is 5.06. The van der Waals surface area contributed by atoms with Crippen LogP contribution >= 0.6 is 0 Å². The quantitative estimate of drug-likeness (QED) is 0.593. The number of rotatable bonds is 2. The molecule has 0 saturated carbocycles. The Morgan fingerprint density at radius 3 is 2.17 bits per heavy atom. The van der Waals surface area contributed by atoms with Crippen molar-refractivity contribution in [1.29, 1.82) is 0 Å². The van der Waals surface area contributed by atoms with Crippen LogP contribution in [0.15, 0.2) is 0 Å². The van der Waals surface area contributed by atoms with E-state index in [0.29, 0.717) is 24.4 Å². The monoisotopic (exact) mass is 170 g/mol. The molecular weight excluding hydrogens is 152 g/mol. The first-order chi connectivity index (χ1) is 5.54. The first-order valence-electron chi connectivity index (χ1n) is 4.70. The molecule has 70 valence electrons. The number of ether oxygens (including phenoxy) is 1. The van der Waals surface area contributed by atoms with Crippen LogP contribution in [-0.2, 0) is 9.53 Å². The van der Waals surface area contributed by atoms with Gasteiger partial charge in [0.25, 0.3) is 0 Å². The first-order valence-corrected chi connectivity index (χ1v) is 4.70. The van der Waals surface area contributed by atoms with E-state index in [1.54, 1.807) is 0 Å². The molecule has 2 atom stereocenters. The number of hydrogen-bond acceptors (Lipinski definition) is 2. The normalized spacial score (nSPS) is 30.0. The summed E-state index contributed by atoms with van der Waals surface area (Å²) in [5, 5.41) is 0. The highest BCUT2D eigenvalue weighted by Gasteiger charge is 2.40. The van der Waals surface area contributed by atoms with Crippen LogP contribution in [0.25, 0.3) is 0 Å². The Morgan fingerprint density at radius 2 is 1.83 bits per heavy atom. The van der Waals surface area contributed by atoms with Crippen LogP contribution in [0.3, 0.4) is 0 Å². The fourth-order valence-electron chi connectivity index (χ4n) is 1.93. The van der Waals surface area contributed by atoms with Crippen molar-refractivity contribution in [1.82, 2.24) is 0 Å². The summed E-state index contributed by atoms with van der Waals surface area (Å²) in [6, 6.07) is 0. The van der Waals surface area contributed by atoms with Gasteiger partial charge >= 0.3 is 5.97 Å². The molecule has 0 aromatic carbocycles. The maximum absolute atomic E-state index is 11.3. The van der Waals surface area contributed by atoms with Crippen molar-refractivity contribution in [2.24, 2.45) is 23.7 Å². The van der Waals surface area contributed by atoms with Crippen LogP contribution in [0.5, 0.6) is 0 Å². The maximum Gasteiger partial charge on any atom is 0.309 e. The molecule has 1 aliphatic heterocycles. The van der Waals surface area contributed by atoms with Gasteiger partial charge in [-0.1, -0.05) is 27.7 Å². The van der Waals surface area contributed by atoms with Gasteiger partial charge in [-0.05, 0) is 11.8 Å². The van der Waals surface area contributed by atoms with Gasteiger partial charge < -0.3 is 4.74 Å². The summed E-state index contributed by atoms with van der Waals surface area (Å²) >= 11 is 0. The molecule has 0 radical (unpaired) electrons. The van der Waals surface area contributed by atoms with E-state index >= 15 is 0 Å². The number of carbonyl (C=O) groups excluding carboxylic acids is 1. The first kappa shape index (κ1) is 9.56. The number of hydrogen-bond donors (Lipinski definition) is 0. The van der Waals surface area contributed by atoms with Gasteiger partial charge in [-0.2, -0.15) is 0 Å². The zero-order valence-electron chi connectivity index (χ0n) is 8.33. The van der Waals surface area contributed by atoms with Crippen LogP contribution in [0.4, 0.5) is 0 Å². The van der Waals surface area contributed by atoms with E-state index in [0.717, 1.165) is 0 Å². The van der Waals surface area contributed by atoms with Gasteiger partial charge in [-0.3, -0.25) is 4.79 Å². The molecular formula is C10H18O2. The van der Waals surface area contributed by atoms with E-state index in [4.69, 9.17) is 4.74 Å². The van der Waals surface area contributed by atoms with Crippen molar-refractivity contribution < 1.29 is 9.53 Å². The summed E-state index contributed by atoms with van der Waals surface area (Å²) in [4.78, 5) is 11.3. The molecule has 0 aromatic rings. The molecule has 0 amide bonds. The van der Waals surface area contributed by atoms with E-state index in [2.05, 4.69) is 27.7 Å². The van der Waals surface area contributed by atoms with Crippen molar-refractivity contribution in [2.45, 2.75) is 27.7 Å². The number of carbonyl (C=O) groups is 1. The largest absolute Gasteiger partial charge is 0.465 e. The predicted molar refractivity (Wildman–Crippen MR) is 47.6 cm³/mol. The minimum atomic E-state index is 0.00343. The average Bonchev–Trinajstić information content (AvgIpc) is 2.30. The number of cyclic esters (lactones) is 1. The third-order valence-electron chi connectivity index (χ3n) is 2.73. The molecule has 1 rings (SSSR count). The van der Waals surface area contributed by atoms with Crippen molar-refractivity contribution >= 4 is 5.97 Å². The Bertz CT molecular complexity index is 173. The molecule has 0 aliphatic carbocycles. The SMILES string of the molecule is CC(C)C1COC(=O)C1C(C)C. The van der Waals surface area contributed by atoms with Gasteiger partial charge in [0, 0.05) is 5.92 Å². The minimum absolute atomic E-state index is 0.00343. The summed E-state index contributed by atoms with van der Waals surface area (Å²) in [6.45, 7) is 9.11. The molecule has 1 aliphatic rings. The third-order valence-corrected chi connectivity index (χ3v) is 2.73. The highest BCUT2D eigenvalue weighted by atomic mass is 16.5. The molecule has 0 bridgehead atoms. The lowest BCUT2D eigenvalue weighted by Crippen LogP contribution is -2.25. The zero-order chi connectivity index (χ0) is 9.30. The second-order valence-corrected chi connectivity index (χ2v) is 4.31. The Balaban J connectivity index is 2.70. The Labute approximate surface area is 74.3 Å². The predicted octanol–water partition coefficient (Wildman–Crippen LogP) is 2.09. The summed E-state index contributed by atoms with van der Waals surface area (Å²) in [5.41, 5.74) is 0. The lowest BCUT2D eigenvalue weighted by atomic mass is 9.79. The zero-order valence-corrected chi connectivity index (χ0v) is 8.33. The smallest absolute Gasteiger partial charge is 0.309 e. The lowest BCUT2D eigenvalue weighted by molar-refractivity contribution is -0.142. The summed E-state index contributed by atoms with van der Waals surface area (Å²) in [7, 11) is 0. The van der Waals surface area contributed by atoms with Gasteiger partial charge in [0.05, 0.1) is 12.5 Å². The molecule has 1 fully saturated rings. The highest BCUT2D eigenvalue weighted by molar-refractivity contribution is 5.75. The standard InChI is InChI=1S/C10H18O2/c1-6(2)8-5-12-10(11)9(8)7(3)4/h6-9H,5H2,1-4H3. The second-order valence-electron chi connectivity index (χ2n) is 4.31. The minimum Gasteiger partial charge on any atom is -0.465 e. The molecule has 1 heterocycles. The van der Waals surface area contributed by atoms with Crippen molar-refractivity contribution in [2.75, 3.05) is 6.61 Å². The van der Waals surface area contributed by atoms with Gasteiger partial charge in [-0.15, -0.1) is 0 Å². The number of esters is 1. The van der Waals surface area contributed by atoms with Crippen molar-refractivity contribution in [3.8, 4) is 0 Å². The Hall–Kier alpha value is -0.530. The molecule has 2 heteroatoms. The maximum atomic E-state index is 11.3. The lowest BCUT2D eigenvalue weighted by Gasteiger charge is -2.21. The average molecular weight is 170 g/mol. The Morgan fingerprint density at radius 1 is 1.25 bits per heavy atom. The Kier molecular flexibility index (Phi) is 2.76. The molecule has 0 spiro atoms. The van der Waals surface area contributed by atoms with Crippen LogP contribution in [-0.4, -0.2) is 12.6 Å². The summed E-state index contributed by atoms with van der Waals surface area (Å²) in [6.07, 6.45) is 0. The highest BCUT2D eigenvalue weighted by Crippen LogP contribution is 2.33. The third kappa shape index (κ3) is 1.62. The van der Waals surface area contributed by atoms with Gasteiger partial charge in [0.2, 0.25) is 0 Å². The van der Waals surface area contributed by atoms with E-state index in [-0.39, 0.29) is 11.9 Å². The van der Waals surface area contributed by atoms with Gasteiger partial charge in [-0.25, -0.2) is 0 Å². The molecule has 1 saturated heterocycles. The summed E-state index contributed by atoms with van der Waals surface area (Å²) in [5.74, 6) is 1.52. The fourth-order valence-corrected chi connectivity index (χ4v) is 1.93. The van der Waals surface area contributed by atoms with Crippen LogP contribution in [0.1, 0.15) is 27.7 Å². The van der Waals surface area contributed by atoms with Crippen molar-refractivity contribution in [3.05, 3.63) is 0 Å². The van der Waals surface area contributed by atoms with Crippen molar-refractivity contribution in [3.63, 3.8) is 0 Å². The van der Waals surface area contributed by atoms with Gasteiger partial charge in [0.1, 0.15) is 0 Å².